The van der Waals surface area contributed by atoms with Crippen LogP contribution in [-0.4, -0.2) is 60.1 Å². The summed E-state index contributed by atoms with van der Waals surface area (Å²) in [5.41, 5.74) is -0.716. The van der Waals surface area contributed by atoms with Gasteiger partial charge < -0.3 is 10.1 Å². The number of hydrogen-bond acceptors (Lipinski definition) is 5. The van der Waals surface area contributed by atoms with Gasteiger partial charge >= 0.3 is 6.09 Å². The summed E-state index contributed by atoms with van der Waals surface area (Å²) in [5, 5.41) is 10.7. The average molecular weight is 316 g/mol. The van der Waals surface area contributed by atoms with E-state index in [1.54, 1.807) is 37.9 Å². The predicted octanol–water partition coefficient (Wildman–Crippen LogP) is 1.76. The van der Waals surface area contributed by atoms with Crippen molar-refractivity contribution in [2.24, 2.45) is 0 Å². The fraction of sp³-hybridized carbons (Fsp3) is 0.714. The number of nitrogens with one attached hydrogen (secondary N) is 1. The summed E-state index contributed by atoms with van der Waals surface area (Å²) in [4.78, 5) is 14.9. The Morgan fingerprint density at radius 2 is 2.18 bits per heavy atom. The van der Waals surface area contributed by atoms with Gasteiger partial charge in [0.15, 0.2) is 6.19 Å². The molecule has 8 heteroatoms. The van der Waals surface area contributed by atoms with Gasteiger partial charge in [0, 0.05) is 32.4 Å². The van der Waals surface area contributed by atoms with Crippen molar-refractivity contribution in [3.05, 3.63) is 12.3 Å². The van der Waals surface area contributed by atoms with E-state index in [-0.39, 0.29) is 13.1 Å². The first kappa shape index (κ1) is 18.2. The molecule has 1 amide bonds. The summed E-state index contributed by atoms with van der Waals surface area (Å²) in [6.45, 7) is 6.25. The van der Waals surface area contributed by atoms with Crippen LogP contribution in [0.1, 0.15) is 20.8 Å². The Balaban J connectivity index is 2.64. The van der Waals surface area contributed by atoms with Crippen molar-refractivity contribution in [3.63, 3.8) is 0 Å². The first-order valence-electron chi connectivity index (χ1n) is 7.04. The van der Waals surface area contributed by atoms with Crippen LogP contribution in [0.5, 0.6) is 0 Å². The van der Waals surface area contributed by atoms with Gasteiger partial charge in [0.25, 0.3) is 6.43 Å². The SMILES string of the molecule is CC(C)(C)OC(=O)N1CCN(C/C=C/NC#N)CC1C(F)F. The van der Waals surface area contributed by atoms with Gasteiger partial charge in [-0.2, -0.15) is 5.26 Å². The number of rotatable bonds is 4. The first-order chi connectivity index (χ1) is 10.2. The number of alkyl halides is 2. The summed E-state index contributed by atoms with van der Waals surface area (Å²) in [7, 11) is 0. The number of carbonyl (C=O) groups excluding carboxylic acids is 1. The maximum Gasteiger partial charge on any atom is 0.410 e. The molecule has 1 fully saturated rings. The zero-order valence-corrected chi connectivity index (χ0v) is 13.1. The van der Waals surface area contributed by atoms with E-state index in [2.05, 4.69) is 5.32 Å². The van der Waals surface area contributed by atoms with Crippen molar-refractivity contribution in [1.82, 2.24) is 15.1 Å². The van der Waals surface area contributed by atoms with Crippen molar-refractivity contribution < 1.29 is 18.3 Å². The van der Waals surface area contributed by atoms with Gasteiger partial charge in [0.2, 0.25) is 0 Å². The largest absolute Gasteiger partial charge is 0.444 e. The van der Waals surface area contributed by atoms with Crippen LogP contribution >= 0.6 is 0 Å². The third-order valence-corrected chi connectivity index (χ3v) is 3.05. The Morgan fingerprint density at radius 1 is 1.50 bits per heavy atom. The van der Waals surface area contributed by atoms with E-state index in [1.165, 1.54) is 6.20 Å². The van der Waals surface area contributed by atoms with E-state index in [9.17, 15) is 13.6 Å². The molecular weight excluding hydrogens is 294 g/mol. The van der Waals surface area contributed by atoms with Crippen LogP contribution in [0.4, 0.5) is 13.6 Å². The molecule has 22 heavy (non-hydrogen) atoms. The predicted molar refractivity (Wildman–Crippen MR) is 77.1 cm³/mol. The standard InChI is InChI=1S/C14H22F2N4O2/c1-14(2,3)22-13(21)20-8-7-19(6-4-5-18-10-17)9-11(20)12(15)16/h4-5,11-12,18H,6-9H2,1-3H3/b5-4+. The summed E-state index contributed by atoms with van der Waals surface area (Å²) < 4.78 is 31.6. The topological polar surface area (TPSA) is 68.6 Å². The summed E-state index contributed by atoms with van der Waals surface area (Å²) in [6.07, 6.45) is 1.51. The molecule has 1 saturated heterocycles. The zero-order chi connectivity index (χ0) is 16.8. The molecular formula is C14H22F2N4O2. The van der Waals surface area contributed by atoms with E-state index < -0.39 is 24.2 Å². The third-order valence-electron chi connectivity index (χ3n) is 3.05. The molecule has 0 aromatic carbocycles. The fourth-order valence-corrected chi connectivity index (χ4v) is 2.10. The maximum atomic E-state index is 13.2. The highest BCUT2D eigenvalue weighted by molar-refractivity contribution is 5.68. The first-order valence-corrected chi connectivity index (χ1v) is 7.04. The molecule has 1 aliphatic heterocycles. The Bertz CT molecular complexity index is 443. The van der Waals surface area contributed by atoms with E-state index in [4.69, 9.17) is 10.00 Å². The molecule has 1 atom stereocenters. The van der Waals surface area contributed by atoms with Gasteiger partial charge in [-0.05, 0) is 20.8 Å². The summed E-state index contributed by atoms with van der Waals surface area (Å²) >= 11 is 0. The molecule has 124 valence electrons. The van der Waals surface area contributed by atoms with Crippen molar-refractivity contribution in [2.45, 2.75) is 38.8 Å². The number of nitriles is 1. The van der Waals surface area contributed by atoms with E-state index in [0.717, 1.165) is 4.90 Å². The van der Waals surface area contributed by atoms with Crippen LogP contribution in [-0.2, 0) is 4.74 Å². The minimum absolute atomic E-state index is 0.0633. The molecule has 6 nitrogen and oxygen atoms in total. The highest BCUT2D eigenvalue weighted by atomic mass is 19.3. The molecule has 1 rings (SSSR count). The van der Waals surface area contributed by atoms with Crippen LogP contribution in [0.2, 0.25) is 0 Å². The molecule has 0 aromatic heterocycles. The van der Waals surface area contributed by atoms with Crippen molar-refractivity contribution in [3.8, 4) is 6.19 Å². The quantitative estimate of drug-likeness (QED) is 0.632. The lowest BCUT2D eigenvalue weighted by Crippen LogP contribution is -2.58. The number of carbonyl (C=O) groups is 1. The minimum atomic E-state index is -2.64. The Morgan fingerprint density at radius 3 is 2.73 bits per heavy atom. The number of ether oxygens (including phenoxy) is 1. The number of halogens is 2. The molecule has 0 spiro atoms. The molecule has 1 N–H and O–H groups in total. The lowest BCUT2D eigenvalue weighted by Gasteiger charge is -2.40. The van der Waals surface area contributed by atoms with Crippen LogP contribution in [0, 0.1) is 11.5 Å². The smallest absolute Gasteiger partial charge is 0.410 e. The number of hydrogen-bond donors (Lipinski definition) is 1. The van der Waals surface area contributed by atoms with Gasteiger partial charge in [0.05, 0.1) is 0 Å². The summed E-state index contributed by atoms with van der Waals surface area (Å²) in [6, 6.07) is -1.19. The van der Waals surface area contributed by atoms with E-state index >= 15 is 0 Å². The third kappa shape index (κ3) is 5.85. The monoisotopic (exact) mass is 316 g/mol. The second-order valence-electron chi connectivity index (χ2n) is 5.99. The van der Waals surface area contributed by atoms with Gasteiger partial charge in [0.1, 0.15) is 11.6 Å². The van der Waals surface area contributed by atoms with Crippen LogP contribution < -0.4 is 5.32 Å². The normalized spacial score (nSPS) is 20.2. The molecule has 0 aliphatic carbocycles. The highest BCUT2D eigenvalue weighted by Crippen LogP contribution is 2.20. The van der Waals surface area contributed by atoms with Gasteiger partial charge in [-0.25, -0.2) is 13.6 Å². The van der Waals surface area contributed by atoms with Crippen LogP contribution in [0.15, 0.2) is 12.3 Å². The van der Waals surface area contributed by atoms with Crippen LogP contribution in [0.3, 0.4) is 0 Å². The maximum absolute atomic E-state index is 13.2. The molecule has 1 unspecified atom stereocenters. The molecule has 0 saturated carbocycles. The van der Waals surface area contributed by atoms with Crippen molar-refractivity contribution in [1.29, 1.82) is 5.26 Å². The van der Waals surface area contributed by atoms with E-state index in [1.807, 2.05) is 0 Å². The molecule has 0 bridgehead atoms. The van der Waals surface area contributed by atoms with Crippen LogP contribution in [0.25, 0.3) is 0 Å². The fourth-order valence-electron chi connectivity index (χ4n) is 2.10. The zero-order valence-electron chi connectivity index (χ0n) is 13.1. The lowest BCUT2D eigenvalue weighted by molar-refractivity contribution is -0.0406. The van der Waals surface area contributed by atoms with Gasteiger partial charge in [-0.3, -0.25) is 9.80 Å². The number of piperazine rings is 1. The number of nitrogens with zero attached hydrogens (tertiary/aromatic N) is 3. The van der Waals surface area contributed by atoms with E-state index in [0.29, 0.717) is 13.1 Å². The Hall–Kier alpha value is -1.88. The van der Waals surface area contributed by atoms with Crippen molar-refractivity contribution in [2.75, 3.05) is 26.2 Å². The molecule has 0 aromatic rings. The van der Waals surface area contributed by atoms with Gasteiger partial charge in [-0.1, -0.05) is 6.08 Å². The molecule has 0 radical (unpaired) electrons. The average Bonchev–Trinajstić information content (AvgIpc) is 2.41. The Labute approximate surface area is 129 Å². The lowest BCUT2D eigenvalue weighted by atomic mass is 10.1. The number of amides is 1. The summed E-state index contributed by atoms with van der Waals surface area (Å²) in [5.74, 6) is 0. The second-order valence-corrected chi connectivity index (χ2v) is 5.99. The minimum Gasteiger partial charge on any atom is -0.444 e. The van der Waals surface area contributed by atoms with Gasteiger partial charge in [-0.15, -0.1) is 0 Å². The molecule has 1 aliphatic rings. The Kier molecular flexibility index (Phi) is 6.56. The van der Waals surface area contributed by atoms with Crippen molar-refractivity contribution >= 4 is 6.09 Å². The molecule has 1 heterocycles. The second kappa shape index (κ2) is 7.94. The highest BCUT2D eigenvalue weighted by Gasteiger charge is 2.38.